The van der Waals surface area contributed by atoms with E-state index in [1.807, 2.05) is 0 Å². The molecule has 0 heterocycles. The van der Waals surface area contributed by atoms with Crippen molar-refractivity contribution in [1.82, 2.24) is 0 Å². The van der Waals surface area contributed by atoms with E-state index in [9.17, 15) is 0 Å². The molecule has 0 radical (unpaired) electrons. The lowest BCUT2D eigenvalue weighted by Gasteiger charge is -2.06. The summed E-state index contributed by atoms with van der Waals surface area (Å²) in [4.78, 5) is 0. The minimum atomic E-state index is 0.957. The first-order valence-corrected chi connectivity index (χ1v) is 21.1. The monoisotopic (exact) mass is 623 g/mol. The SMILES string of the molecule is CCCCCCCCCCCCCCCCCCOCCCCCCOCCCCCCCCCCCCCCCCCC. The Morgan fingerprint density at radius 3 is 0.477 bits per heavy atom. The second-order valence-corrected chi connectivity index (χ2v) is 14.2. The Balaban J connectivity index is 3.03. The van der Waals surface area contributed by atoms with Gasteiger partial charge in [0.15, 0.2) is 0 Å². The van der Waals surface area contributed by atoms with Crippen LogP contribution in [-0.4, -0.2) is 26.4 Å². The van der Waals surface area contributed by atoms with Gasteiger partial charge in [0.05, 0.1) is 0 Å². The van der Waals surface area contributed by atoms with Gasteiger partial charge in [-0.25, -0.2) is 0 Å². The van der Waals surface area contributed by atoms with Crippen LogP contribution in [0.15, 0.2) is 0 Å². The lowest BCUT2D eigenvalue weighted by atomic mass is 10.0. The first-order chi connectivity index (χ1) is 21.9. The van der Waals surface area contributed by atoms with Crippen molar-refractivity contribution in [3.63, 3.8) is 0 Å². The van der Waals surface area contributed by atoms with Gasteiger partial charge in [-0.05, 0) is 25.7 Å². The molecule has 2 heteroatoms. The summed E-state index contributed by atoms with van der Waals surface area (Å²) in [5, 5.41) is 0. The van der Waals surface area contributed by atoms with E-state index in [1.54, 1.807) is 0 Å². The lowest BCUT2D eigenvalue weighted by molar-refractivity contribution is 0.117. The Morgan fingerprint density at radius 2 is 0.318 bits per heavy atom. The van der Waals surface area contributed by atoms with E-state index in [4.69, 9.17) is 9.47 Å². The predicted octanol–water partition coefficient (Wildman–Crippen LogP) is 15.1. The van der Waals surface area contributed by atoms with Crippen LogP contribution in [0.2, 0.25) is 0 Å². The van der Waals surface area contributed by atoms with Crippen molar-refractivity contribution in [2.75, 3.05) is 26.4 Å². The predicted molar refractivity (Wildman–Crippen MR) is 199 cm³/mol. The van der Waals surface area contributed by atoms with Crippen molar-refractivity contribution < 1.29 is 9.47 Å². The third kappa shape index (κ3) is 41.9. The highest BCUT2D eigenvalue weighted by molar-refractivity contribution is 4.52. The maximum Gasteiger partial charge on any atom is 0.0466 e. The topological polar surface area (TPSA) is 18.5 Å². The zero-order valence-electron chi connectivity index (χ0n) is 31.1. The molecule has 0 aliphatic carbocycles. The number of ether oxygens (including phenoxy) is 2. The van der Waals surface area contributed by atoms with Crippen LogP contribution in [0.5, 0.6) is 0 Å². The Kier molecular flexibility index (Phi) is 42.8. The van der Waals surface area contributed by atoms with Gasteiger partial charge >= 0.3 is 0 Å². The zero-order chi connectivity index (χ0) is 31.7. The minimum Gasteiger partial charge on any atom is -0.381 e. The van der Waals surface area contributed by atoms with E-state index in [2.05, 4.69) is 13.8 Å². The number of rotatable bonds is 41. The van der Waals surface area contributed by atoms with Gasteiger partial charge in [-0.15, -0.1) is 0 Å². The Hall–Kier alpha value is -0.0800. The summed E-state index contributed by atoms with van der Waals surface area (Å²) in [6.45, 7) is 8.47. The first kappa shape index (κ1) is 43.9. The van der Waals surface area contributed by atoms with Crippen LogP contribution in [0.3, 0.4) is 0 Å². The maximum atomic E-state index is 5.87. The molecule has 0 unspecified atom stereocenters. The summed E-state index contributed by atoms with van der Waals surface area (Å²) >= 11 is 0. The molecule has 0 saturated carbocycles. The second-order valence-electron chi connectivity index (χ2n) is 14.2. The smallest absolute Gasteiger partial charge is 0.0466 e. The molecule has 0 bridgehead atoms. The standard InChI is InChI=1S/C42H86O2/c1-3-5-7-9-11-13-15-17-19-21-23-25-27-29-31-35-39-43-41-37-33-34-38-42-44-40-36-32-30-28-26-24-22-20-18-16-14-12-10-8-6-4-2/h3-42H2,1-2H3. The average Bonchev–Trinajstić information content (AvgIpc) is 3.04. The Labute approximate surface area is 280 Å². The first-order valence-electron chi connectivity index (χ1n) is 21.1. The number of unbranched alkanes of at least 4 members (excludes halogenated alkanes) is 33. The van der Waals surface area contributed by atoms with Gasteiger partial charge in [-0.3, -0.25) is 0 Å². The van der Waals surface area contributed by atoms with E-state index in [0.717, 1.165) is 26.4 Å². The molecule has 0 aromatic rings. The summed E-state index contributed by atoms with van der Waals surface area (Å²) in [5.74, 6) is 0. The molecule has 0 spiro atoms. The number of hydrogen-bond acceptors (Lipinski definition) is 2. The third-order valence-electron chi connectivity index (χ3n) is 9.61. The van der Waals surface area contributed by atoms with E-state index >= 15 is 0 Å². The fourth-order valence-corrected chi connectivity index (χ4v) is 6.47. The summed E-state index contributed by atoms with van der Waals surface area (Å²) in [5.41, 5.74) is 0. The van der Waals surface area contributed by atoms with Gasteiger partial charge in [0.2, 0.25) is 0 Å². The van der Waals surface area contributed by atoms with Gasteiger partial charge in [0.1, 0.15) is 0 Å². The van der Waals surface area contributed by atoms with Crippen LogP contribution in [0.1, 0.15) is 245 Å². The van der Waals surface area contributed by atoms with Gasteiger partial charge < -0.3 is 9.47 Å². The molecule has 0 aromatic heterocycles. The molecule has 266 valence electrons. The van der Waals surface area contributed by atoms with Crippen molar-refractivity contribution in [2.45, 2.75) is 245 Å². The molecule has 0 aliphatic heterocycles. The molecule has 0 aromatic carbocycles. The molecule has 0 atom stereocenters. The Bertz CT molecular complexity index is 423. The third-order valence-corrected chi connectivity index (χ3v) is 9.61. The van der Waals surface area contributed by atoms with Gasteiger partial charge in [0.25, 0.3) is 0 Å². The highest BCUT2D eigenvalue weighted by Crippen LogP contribution is 2.15. The second kappa shape index (κ2) is 42.9. The molecule has 0 rings (SSSR count). The highest BCUT2D eigenvalue weighted by Gasteiger charge is 1.98. The van der Waals surface area contributed by atoms with Crippen LogP contribution in [0.25, 0.3) is 0 Å². The molecule has 0 amide bonds. The van der Waals surface area contributed by atoms with E-state index in [-0.39, 0.29) is 0 Å². The average molecular weight is 623 g/mol. The summed E-state index contributed by atoms with van der Waals surface area (Å²) < 4.78 is 11.7. The highest BCUT2D eigenvalue weighted by atomic mass is 16.5. The Morgan fingerprint density at radius 1 is 0.182 bits per heavy atom. The van der Waals surface area contributed by atoms with Crippen LogP contribution in [0, 0.1) is 0 Å². The van der Waals surface area contributed by atoms with Crippen molar-refractivity contribution in [3.05, 3.63) is 0 Å². The largest absolute Gasteiger partial charge is 0.381 e. The summed E-state index contributed by atoms with van der Waals surface area (Å²) in [6.07, 6.45) is 50.8. The molecule has 0 fully saturated rings. The molecule has 0 saturated heterocycles. The van der Waals surface area contributed by atoms with Crippen molar-refractivity contribution in [2.24, 2.45) is 0 Å². The normalized spacial score (nSPS) is 11.6. The van der Waals surface area contributed by atoms with Crippen LogP contribution in [0.4, 0.5) is 0 Å². The van der Waals surface area contributed by atoms with E-state index in [0.29, 0.717) is 0 Å². The lowest BCUT2D eigenvalue weighted by Crippen LogP contribution is -1.99. The van der Waals surface area contributed by atoms with Crippen molar-refractivity contribution in [1.29, 1.82) is 0 Å². The van der Waals surface area contributed by atoms with Gasteiger partial charge in [-0.1, -0.05) is 219 Å². The van der Waals surface area contributed by atoms with Gasteiger partial charge in [0, 0.05) is 26.4 Å². The number of hydrogen-bond donors (Lipinski definition) is 0. The fraction of sp³-hybridized carbons (Fsp3) is 1.00. The van der Waals surface area contributed by atoms with Crippen molar-refractivity contribution in [3.8, 4) is 0 Å². The summed E-state index contributed by atoms with van der Waals surface area (Å²) in [7, 11) is 0. The van der Waals surface area contributed by atoms with E-state index < -0.39 is 0 Å². The van der Waals surface area contributed by atoms with E-state index in [1.165, 1.54) is 231 Å². The summed E-state index contributed by atoms with van der Waals surface area (Å²) in [6, 6.07) is 0. The fourth-order valence-electron chi connectivity index (χ4n) is 6.47. The molecule has 2 nitrogen and oxygen atoms in total. The van der Waals surface area contributed by atoms with Crippen LogP contribution >= 0.6 is 0 Å². The zero-order valence-corrected chi connectivity index (χ0v) is 31.1. The van der Waals surface area contributed by atoms with Crippen LogP contribution in [-0.2, 0) is 9.47 Å². The quantitative estimate of drug-likeness (QED) is 0.0631. The molecule has 44 heavy (non-hydrogen) atoms. The maximum absolute atomic E-state index is 5.87. The van der Waals surface area contributed by atoms with Crippen molar-refractivity contribution >= 4 is 0 Å². The minimum absolute atomic E-state index is 0.957. The van der Waals surface area contributed by atoms with Gasteiger partial charge in [-0.2, -0.15) is 0 Å². The molecular weight excluding hydrogens is 536 g/mol. The molecular formula is C42H86O2. The van der Waals surface area contributed by atoms with Crippen LogP contribution < -0.4 is 0 Å². The molecule has 0 aliphatic rings. The molecule has 0 N–H and O–H groups in total.